The fraction of sp³-hybridized carbons (Fsp3) is 0.381. The van der Waals surface area contributed by atoms with E-state index < -0.39 is 9.84 Å². The number of methoxy groups -OCH3 is 1. The molecule has 150 valence electrons. The van der Waals surface area contributed by atoms with E-state index in [0.717, 1.165) is 11.1 Å². The number of hydrogen-bond acceptors (Lipinski definition) is 5. The van der Waals surface area contributed by atoms with Gasteiger partial charge in [-0.05, 0) is 42.7 Å². The maximum Gasteiger partial charge on any atom is 0.261 e. The molecule has 3 rings (SSSR count). The molecular formula is C21H25NO5S. The molecule has 0 unspecified atom stereocenters. The fourth-order valence-electron chi connectivity index (χ4n) is 3.35. The largest absolute Gasteiger partial charge is 0.497 e. The molecule has 1 aliphatic rings. The minimum Gasteiger partial charge on any atom is -0.497 e. The van der Waals surface area contributed by atoms with Gasteiger partial charge < -0.3 is 14.4 Å². The Labute approximate surface area is 166 Å². The van der Waals surface area contributed by atoms with Gasteiger partial charge in [0.05, 0.1) is 18.6 Å². The van der Waals surface area contributed by atoms with Crippen LogP contribution >= 0.6 is 0 Å². The Hall–Kier alpha value is -2.54. The Kier molecular flexibility index (Phi) is 6.24. The summed E-state index contributed by atoms with van der Waals surface area (Å²) in [6, 6.07) is 14.6. The molecule has 1 amide bonds. The van der Waals surface area contributed by atoms with Gasteiger partial charge in [-0.25, -0.2) is 8.42 Å². The molecule has 0 radical (unpaired) electrons. The summed E-state index contributed by atoms with van der Waals surface area (Å²) in [5.74, 6) is 1.22. The van der Waals surface area contributed by atoms with Crippen LogP contribution in [0, 0.1) is 6.92 Å². The topological polar surface area (TPSA) is 72.9 Å². The standard InChI is InChI=1S/C21H25NO5S/c1-16-6-3-4-9-20(16)27-14-21(23)22(18-10-11-28(24,25)15-18)13-17-7-5-8-19(12-17)26-2/h3-9,12,18H,10-11,13-15H2,1-2H3/t18-/m0/s1. The SMILES string of the molecule is COc1cccc(CN(C(=O)COc2ccccc2C)[C@H]2CCS(=O)(=O)C2)c1. The van der Waals surface area contributed by atoms with Crippen LogP contribution in [0.1, 0.15) is 17.5 Å². The number of aryl methyl sites for hydroxylation is 1. The Morgan fingerprint density at radius 1 is 1.18 bits per heavy atom. The summed E-state index contributed by atoms with van der Waals surface area (Å²) in [6.07, 6.45) is 0.447. The van der Waals surface area contributed by atoms with Crippen molar-refractivity contribution in [1.82, 2.24) is 4.90 Å². The molecule has 1 fully saturated rings. The van der Waals surface area contributed by atoms with Gasteiger partial charge in [0, 0.05) is 12.6 Å². The molecule has 28 heavy (non-hydrogen) atoms. The summed E-state index contributed by atoms with van der Waals surface area (Å²) in [5.41, 5.74) is 1.82. The number of para-hydroxylation sites is 1. The molecule has 0 aliphatic carbocycles. The number of carbonyl (C=O) groups excluding carboxylic acids is 1. The lowest BCUT2D eigenvalue weighted by molar-refractivity contribution is -0.136. The number of carbonyl (C=O) groups is 1. The number of rotatable bonds is 7. The van der Waals surface area contributed by atoms with Gasteiger partial charge in [-0.2, -0.15) is 0 Å². The van der Waals surface area contributed by atoms with Crippen molar-refractivity contribution in [2.75, 3.05) is 25.2 Å². The van der Waals surface area contributed by atoms with E-state index in [0.29, 0.717) is 24.5 Å². The van der Waals surface area contributed by atoms with Crippen molar-refractivity contribution >= 4 is 15.7 Å². The maximum absolute atomic E-state index is 13.0. The smallest absolute Gasteiger partial charge is 0.261 e. The molecule has 1 atom stereocenters. The Bertz CT molecular complexity index is 941. The quantitative estimate of drug-likeness (QED) is 0.711. The summed E-state index contributed by atoms with van der Waals surface area (Å²) < 4.78 is 34.9. The Morgan fingerprint density at radius 3 is 2.64 bits per heavy atom. The highest BCUT2D eigenvalue weighted by Crippen LogP contribution is 2.23. The van der Waals surface area contributed by atoms with Gasteiger partial charge in [-0.3, -0.25) is 4.79 Å². The van der Waals surface area contributed by atoms with Crippen LogP contribution in [0.15, 0.2) is 48.5 Å². The number of hydrogen-bond donors (Lipinski definition) is 0. The first-order valence-corrected chi connectivity index (χ1v) is 11.0. The van der Waals surface area contributed by atoms with Gasteiger partial charge in [0.1, 0.15) is 11.5 Å². The van der Waals surface area contributed by atoms with Crippen molar-refractivity contribution in [3.63, 3.8) is 0 Å². The average Bonchev–Trinajstić information content (AvgIpc) is 3.05. The van der Waals surface area contributed by atoms with Gasteiger partial charge in [0.15, 0.2) is 16.4 Å². The molecule has 0 bridgehead atoms. The van der Waals surface area contributed by atoms with Crippen molar-refractivity contribution in [2.45, 2.75) is 25.9 Å². The minimum atomic E-state index is -3.11. The zero-order valence-electron chi connectivity index (χ0n) is 16.1. The molecule has 0 saturated carbocycles. The van der Waals surface area contributed by atoms with Gasteiger partial charge in [-0.15, -0.1) is 0 Å². The van der Waals surface area contributed by atoms with Crippen molar-refractivity contribution in [3.8, 4) is 11.5 Å². The van der Waals surface area contributed by atoms with Gasteiger partial charge in [-0.1, -0.05) is 30.3 Å². The Balaban J connectivity index is 1.77. The van der Waals surface area contributed by atoms with Gasteiger partial charge >= 0.3 is 0 Å². The number of benzene rings is 2. The van der Waals surface area contributed by atoms with Crippen molar-refractivity contribution in [1.29, 1.82) is 0 Å². The van der Waals surface area contributed by atoms with Crippen LogP contribution in [-0.2, 0) is 21.2 Å². The van der Waals surface area contributed by atoms with Crippen molar-refractivity contribution in [2.24, 2.45) is 0 Å². The summed E-state index contributed by atoms with van der Waals surface area (Å²) >= 11 is 0. The highest BCUT2D eigenvalue weighted by atomic mass is 32.2. The van der Waals surface area contributed by atoms with Crippen LogP contribution in [-0.4, -0.2) is 50.5 Å². The molecule has 1 saturated heterocycles. The van der Waals surface area contributed by atoms with E-state index >= 15 is 0 Å². The van der Waals surface area contributed by atoms with Crippen LogP contribution in [0.25, 0.3) is 0 Å². The second-order valence-corrected chi connectivity index (χ2v) is 9.21. The molecule has 0 spiro atoms. The van der Waals surface area contributed by atoms with Gasteiger partial charge in [0.2, 0.25) is 0 Å². The van der Waals surface area contributed by atoms with Crippen LogP contribution in [0.5, 0.6) is 11.5 Å². The predicted molar refractivity (Wildman–Crippen MR) is 107 cm³/mol. The fourth-order valence-corrected chi connectivity index (χ4v) is 5.08. The van der Waals surface area contributed by atoms with Crippen LogP contribution in [0.4, 0.5) is 0 Å². The first kappa shape index (κ1) is 20.2. The summed E-state index contributed by atoms with van der Waals surface area (Å²) in [7, 11) is -1.53. The molecule has 6 nitrogen and oxygen atoms in total. The molecule has 2 aromatic rings. The van der Waals surface area contributed by atoms with E-state index in [2.05, 4.69) is 0 Å². The van der Waals surface area contributed by atoms with Crippen LogP contribution in [0.3, 0.4) is 0 Å². The molecular weight excluding hydrogens is 378 g/mol. The lowest BCUT2D eigenvalue weighted by atomic mass is 10.1. The van der Waals surface area contributed by atoms with E-state index in [1.165, 1.54) is 0 Å². The van der Waals surface area contributed by atoms with Crippen molar-refractivity contribution in [3.05, 3.63) is 59.7 Å². The molecule has 0 aromatic heterocycles. The normalized spacial score (nSPS) is 17.9. The van der Waals surface area contributed by atoms with Gasteiger partial charge in [0.25, 0.3) is 5.91 Å². The highest BCUT2D eigenvalue weighted by molar-refractivity contribution is 7.91. The summed E-state index contributed by atoms with van der Waals surface area (Å²) in [4.78, 5) is 14.6. The van der Waals surface area contributed by atoms with E-state index in [9.17, 15) is 13.2 Å². The molecule has 7 heteroatoms. The predicted octanol–water partition coefficient (Wildman–Crippen LogP) is 2.60. The average molecular weight is 404 g/mol. The first-order chi connectivity index (χ1) is 13.4. The number of nitrogens with zero attached hydrogens (tertiary/aromatic N) is 1. The number of ether oxygens (including phenoxy) is 2. The third kappa shape index (κ3) is 5.04. The molecule has 1 aliphatic heterocycles. The van der Waals surface area contributed by atoms with E-state index in [1.807, 2.05) is 55.5 Å². The lowest BCUT2D eigenvalue weighted by Crippen LogP contribution is -2.43. The second-order valence-electron chi connectivity index (χ2n) is 6.98. The minimum absolute atomic E-state index is 0.00687. The van der Waals surface area contributed by atoms with E-state index in [1.54, 1.807) is 12.0 Å². The van der Waals surface area contributed by atoms with E-state index in [4.69, 9.17) is 9.47 Å². The molecule has 0 N–H and O–H groups in total. The molecule has 2 aromatic carbocycles. The summed E-state index contributed by atoms with van der Waals surface area (Å²) in [5, 5.41) is 0. The zero-order chi connectivity index (χ0) is 20.1. The van der Waals surface area contributed by atoms with Crippen LogP contribution in [0.2, 0.25) is 0 Å². The van der Waals surface area contributed by atoms with E-state index in [-0.39, 0.29) is 30.1 Å². The zero-order valence-corrected chi connectivity index (χ0v) is 16.9. The monoisotopic (exact) mass is 403 g/mol. The first-order valence-electron chi connectivity index (χ1n) is 9.19. The van der Waals surface area contributed by atoms with Crippen molar-refractivity contribution < 1.29 is 22.7 Å². The second kappa shape index (κ2) is 8.65. The lowest BCUT2D eigenvalue weighted by Gasteiger charge is -2.28. The number of sulfone groups is 1. The highest BCUT2D eigenvalue weighted by Gasteiger charge is 2.34. The summed E-state index contributed by atoms with van der Waals surface area (Å²) in [6.45, 7) is 2.09. The maximum atomic E-state index is 13.0. The Morgan fingerprint density at radius 2 is 1.96 bits per heavy atom. The molecule has 1 heterocycles. The third-order valence-electron chi connectivity index (χ3n) is 4.90. The third-order valence-corrected chi connectivity index (χ3v) is 6.65. The number of amides is 1. The van der Waals surface area contributed by atoms with Crippen LogP contribution < -0.4 is 9.47 Å².